The molecule has 0 saturated carbocycles. The minimum atomic E-state index is 0.291. The van der Waals surface area contributed by atoms with Crippen LogP contribution in [0.15, 0.2) is 115 Å². The Morgan fingerprint density at radius 3 is 1.33 bits per heavy atom. The van der Waals surface area contributed by atoms with Crippen LogP contribution in [-0.4, -0.2) is 10.2 Å². The number of aromatic hydroxyl groups is 2. The highest BCUT2D eigenvalue weighted by molar-refractivity contribution is 5.98. The molecule has 0 radical (unpaired) electrons. The number of allylic oxidation sites excluding steroid dienone is 1. The van der Waals surface area contributed by atoms with Crippen LogP contribution in [0.2, 0.25) is 0 Å². The maximum atomic E-state index is 9.61. The Bertz CT molecular complexity index is 1050. The van der Waals surface area contributed by atoms with Crippen molar-refractivity contribution in [2.24, 2.45) is 0 Å². The van der Waals surface area contributed by atoms with Crippen molar-refractivity contribution >= 4 is 11.1 Å². The van der Waals surface area contributed by atoms with E-state index in [1.54, 1.807) is 36.4 Å². The molecule has 0 amide bonds. The number of rotatable bonds is 4. The van der Waals surface area contributed by atoms with Gasteiger partial charge < -0.3 is 10.2 Å². The number of phenols is 2. The summed E-state index contributed by atoms with van der Waals surface area (Å²) in [7, 11) is 0. The Morgan fingerprint density at radius 2 is 0.900 bits per heavy atom. The molecular weight excluding hydrogens is 368 g/mol. The Balaban J connectivity index is 0.000000310. The highest BCUT2D eigenvalue weighted by atomic mass is 16.3. The van der Waals surface area contributed by atoms with E-state index in [2.05, 4.69) is 55.5 Å². The third kappa shape index (κ3) is 5.62. The fourth-order valence-corrected chi connectivity index (χ4v) is 3.34. The lowest BCUT2D eigenvalue weighted by Gasteiger charge is -2.16. The average Bonchev–Trinajstić information content (AvgIpc) is 2.80. The molecule has 2 heteroatoms. The maximum Gasteiger partial charge on any atom is 0.115 e. The van der Waals surface area contributed by atoms with Crippen LogP contribution in [-0.2, 0) is 0 Å². The number of hydrogen-bond acceptors (Lipinski definition) is 2. The summed E-state index contributed by atoms with van der Waals surface area (Å²) in [5.41, 5.74) is 6.08. The lowest BCUT2D eigenvalue weighted by Crippen LogP contribution is -1.94. The lowest BCUT2D eigenvalue weighted by atomic mass is 9.88. The maximum absolute atomic E-state index is 9.61. The molecule has 0 heterocycles. The quantitative estimate of drug-likeness (QED) is 0.361. The van der Waals surface area contributed by atoms with Crippen LogP contribution in [0.4, 0.5) is 0 Å². The molecule has 0 saturated heterocycles. The van der Waals surface area contributed by atoms with Gasteiger partial charge in [-0.2, -0.15) is 0 Å². The fraction of sp³-hybridized carbons (Fsp3) is 0.0714. The summed E-state index contributed by atoms with van der Waals surface area (Å²) in [5.74, 6) is 0.612. The molecule has 0 atom stereocenters. The molecule has 0 aliphatic rings. The van der Waals surface area contributed by atoms with Crippen molar-refractivity contribution in [1.29, 1.82) is 0 Å². The van der Waals surface area contributed by atoms with Gasteiger partial charge in [-0.3, -0.25) is 0 Å². The van der Waals surface area contributed by atoms with Gasteiger partial charge in [-0.1, -0.05) is 97.9 Å². The minimum Gasteiger partial charge on any atom is -0.508 e. The molecule has 150 valence electrons. The molecular formula is C28H26O2. The van der Waals surface area contributed by atoms with Gasteiger partial charge in [0.15, 0.2) is 0 Å². The van der Waals surface area contributed by atoms with Gasteiger partial charge in [0, 0.05) is 0 Å². The van der Waals surface area contributed by atoms with E-state index in [0.29, 0.717) is 11.5 Å². The number of phenolic OH excluding ortho intramolecular Hbond substituents is 2. The molecule has 0 aliphatic carbocycles. The van der Waals surface area contributed by atoms with Crippen LogP contribution in [0.25, 0.3) is 11.1 Å². The second-order valence-electron chi connectivity index (χ2n) is 6.82. The predicted octanol–water partition coefficient (Wildman–Crippen LogP) is 7.15. The Morgan fingerprint density at radius 1 is 0.500 bits per heavy atom. The molecule has 0 aromatic heterocycles. The number of para-hydroxylation sites is 1. The van der Waals surface area contributed by atoms with E-state index < -0.39 is 0 Å². The highest BCUT2D eigenvalue weighted by Crippen LogP contribution is 2.34. The first kappa shape index (κ1) is 20.9. The van der Waals surface area contributed by atoms with Crippen LogP contribution in [0.1, 0.15) is 30.0 Å². The lowest BCUT2D eigenvalue weighted by molar-refractivity contribution is 0.475. The van der Waals surface area contributed by atoms with Gasteiger partial charge in [-0.05, 0) is 58.5 Å². The molecule has 4 rings (SSSR count). The summed E-state index contributed by atoms with van der Waals surface area (Å²) in [6, 6.07) is 37.1. The van der Waals surface area contributed by atoms with E-state index in [-0.39, 0.29) is 0 Å². The predicted molar refractivity (Wildman–Crippen MR) is 125 cm³/mol. The summed E-state index contributed by atoms with van der Waals surface area (Å²) >= 11 is 0. The van der Waals surface area contributed by atoms with Gasteiger partial charge in [0.25, 0.3) is 0 Å². The van der Waals surface area contributed by atoms with E-state index >= 15 is 0 Å². The monoisotopic (exact) mass is 394 g/mol. The van der Waals surface area contributed by atoms with E-state index in [1.807, 2.05) is 30.3 Å². The van der Waals surface area contributed by atoms with Crippen LogP contribution in [0.3, 0.4) is 0 Å². The first-order chi connectivity index (χ1) is 14.7. The van der Waals surface area contributed by atoms with Gasteiger partial charge >= 0.3 is 0 Å². The number of hydrogen-bond donors (Lipinski definition) is 2. The molecule has 0 spiro atoms. The standard InChI is InChI=1S/C22H20O.C6H6O/c1-2-21(17-9-5-3-6-10-17)22(18-11-7-4-8-12-18)19-13-15-20(23)16-14-19;7-6-4-2-1-3-5-6/h3-16,23H,2H2,1H3;1-5,7H/b22-21+;. The van der Waals surface area contributed by atoms with Crippen molar-refractivity contribution in [3.05, 3.63) is 132 Å². The SMILES string of the molecule is CC/C(=C(/c1ccccc1)c1ccc(O)cc1)c1ccccc1.Oc1ccccc1. The Labute approximate surface area is 178 Å². The van der Waals surface area contributed by atoms with Crippen LogP contribution >= 0.6 is 0 Å². The van der Waals surface area contributed by atoms with Crippen molar-refractivity contribution in [2.45, 2.75) is 13.3 Å². The summed E-state index contributed by atoms with van der Waals surface area (Å²) in [6.45, 7) is 2.19. The van der Waals surface area contributed by atoms with Gasteiger partial charge in [-0.25, -0.2) is 0 Å². The highest BCUT2D eigenvalue weighted by Gasteiger charge is 2.12. The summed E-state index contributed by atoms with van der Waals surface area (Å²) in [4.78, 5) is 0. The largest absolute Gasteiger partial charge is 0.508 e. The Hall–Kier alpha value is -3.78. The molecule has 4 aromatic rings. The van der Waals surface area contributed by atoms with E-state index in [9.17, 15) is 5.11 Å². The van der Waals surface area contributed by atoms with Crippen molar-refractivity contribution in [3.8, 4) is 11.5 Å². The zero-order valence-corrected chi connectivity index (χ0v) is 17.1. The van der Waals surface area contributed by atoms with Crippen molar-refractivity contribution in [3.63, 3.8) is 0 Å². The topological polar surface area (TPSA) is 40.5 Å². The summed E-state index contributed by atoms with van der Waals surface area (Å²) in [6.07, 6.45) is 0.940. The molecule has 2 N–H and O–H groups in total. The second kappa shape index (κ2) is 10.7. The van der Waals surface area contributed by atoms with Gasteiger partial charge in [0.2, 0.25) is 0 Å². The zero-order valence-electron chi connectivity index (χ0n) is 17.1. The average molecular weight is 395 g/mol. The molecule has 4 aromatic carbocycles. The fourth-order valence-electron chi connectivity index (χ4n) is 3.34. The van der Waals surface area contributed by atoms with E-state index in [4.69, 9.17) is 5.11 Å². The van der Waals surface area contributed by atoms with Crippen LogP contribution in [0.5, 0.6) is 11.5 Å². The van der Waals surface area contributed by atoms with Gasteiger partial charge in [0.05, 0.1) is 0 Å². The summed E-state index contributed by atoms with van der Waals surface area (Å²) < 4.78 is 0. The first-order valence-corrected chi connectivity index (χ1v) is 10.1. The van der Waals surface area contributed by atoms with Crippen LogP contribution < -0.4 is 0 Å². The van der Waals surface area contributed by atoms with Crippen molar-refractivity contribution in [1.82, 2.24) is 0 Å². The second-order valence-corrected chi connectivity index (χ2v) is 6.82. The number of benzene rings is 4. The molecule has 30 heavy (non-hydrogen) atoms. The van der Waals surface area contributed by atoms with Gasteiger partial charge in [0.1, 0.15) is 11.5 Å². The Kier molecular flexibility index (Phi) is 7.45. The van der Waals surface area contributed by atoms with Crippen LogP contribution in [0, 0.1) is 0 Å². The molecule has 0 fully saturated rings. The zero-order chi connectivity index (χ0) is 21.2. The first-order valence-electron chi connectivity index (χ1n) is 10.1. The van der Waals surface area contributed by atoms with Crippen molar-refractivity contribution in [2.75, 3.05) is 0 Å². The summed E-state index contributed by atoms with van der Waals surface area (Å²) in [5, 5.41) is 18.2. The molecule has 0 bridgehead atoms. The third-order valence-electron chi connectivity index (χ3n) is 4.75. The van der Waals surface area contributed by atoms with E-state index in [1.165, 1.54) is 22.3 Å². The van der Waals surface area contributed by atoms with E-state index in [0.717, 1.165) is 12.0 Å². The van der Waals surface area contributed by atoms with Gasteiger partial charge in [-0.15, -0.1) is 0 Å². The van der Waals surface area contributed by atoms with Crippen molar-refractivity contribution < 1.29 is 10.2 Å². The third-order valence-corrected chi connectivity index (χ3v) is 4.75. The molecule has 2 nitrogen and oxygen atoms in total. The molecule has 0 aliphatic heterocycles. The minimum absolute atomic E-state index is 0.291. The smallest absolute Gasteiger partial charge is 0.115 e. The normalized spacial score (nSPS) is 11.1. The molecule has 0 unspecified atom stereocenters.